The lowest BCUT2D eigenvalue weighted by atomic mass is 10.2. The number of imidazole rings is 1. The predicted octanol–water partition coefficient (Wildman–Crippen LogP) is 3.09. The zero-order chi connectivity index (χ0) is 14.4. The monoisotopic (exact) mass is 297 g/mol. The number of hydrogen-bond acceptors (Lipinski definition) is 3. The second kappa shape index (κ2) is 4.56. The van der Waals surface area contributed by atoms with Crippen molar-refractivity contribution in [1.29, 1.82) is 0 Å². The molecule has 0 radical (unpaired) electrons. The number of rotatable bonds is 2. The number of pyridine rings is 1. The van der Waals surface area contributed by atoms with E-state index >= 15 is 0 Å². The lowest BCUT2D eigenvalue weighted by Crippen LogP contribution is -1.94. The average molecular weight is 298 g/mol. The molecule has 0 saturated heterocycles. The van der Waals surface area contributed by atoms with Crippen molar-refractivity contribution >= 4 is 33.5 Å². The molecule has 0 amide bonds. The highest BCUT2D eigenvalue weighted by Crippen LogP contribution is 2.25. The van der Waals surface area contributed by atoms with Gasteiger partial charge in [-0.05, 0) is 24.3 Å². The van der Waals surface area contributed by atoms with Crippen molar-refractivity contribution in [2.75, 3.05) is 0 Å². The fraction of sp³-hybridized carbons (Fsp3) is 0.133. The molecule has 0 saturated carbocycles. The first kappa shape index (κ1) is 12.3. The molecule has 0 bridgehead atoms. The van der Waals surface area contributed by atoms with E-state index in [1.54, 1.807) is 10.9 Å². The van der Waals surface area contributed by atoms with Gasteiger partial charge in [-0.25, -0.2) is 4.98 Å². The summed E-state index contributed by atoms with van der Waals surface area (Å²) in [4.78, 5) is 12.4. The third-order valence-corrected chi connectivity index (χ3v) is 3.69. The Labute approximate surface area is 125 Å². The predicted molar refractivity (Wildman–Crippen MR) is 82.4 cm³/mol. The Morgan fingerprint density at radius 2 is 2.14 bits per heavy atom. The van der Waals surface area contributed by atoms with Crippen LogP contribution in [-0.4, -0.2) is 24.7 Å². The van der Waals surface area contributed by atoms with E-state index in [2.05, 4.69) is 20.1 Å². The number of nitrogens with one attached hydrogen (secondary N) is 1. The maximum Gasteiger partial charge on any atom is 0.113 e. The minimum Gasteiger partial charge on any atom is -0.341 e. The van der Waals surface area contributed by atoms with E-state index in [0.29, 0.717) is 11.4 Å². The third-order valence-electron chi connectivity index (χ3n) is 3.45. The van der Waals surface area contributed by atoms with Gasteiger partial charge in [0.25, 0.3) is 0 Å². The smallest absolute Gasteiger partial charge is 0.113 e. The molecule has 21 heavy (non-hydrogen) atoms. The first-order valence-corrected chi connectivity index (χ1v) is 6.98. The van der Waals surface area contributed by atoms with Crippen LogP contribution >= 0.6 is 11.6 Å². The molecular weight excluding hydrogens is 286 g/mol. The molecule has 0 aliphatic rings. The molecule has 4 rings (SSSR count). The summed E-state index contributed by atoms with van der Waals surface area (Å²) in [5, 5.41) is 6.05. The number of fused-ring (bicyclic) bond motifs is 3. The summed E-state index contributed by atoms with van der Waals surface area (Å²) in [7, 11) is 1.90. The van der Waals surface area contributed by atoms with Crippen molar-refractivity contribution in [2.45, 2.75) is 6.42 Å². The molecule has 5 nitrogen and oxygen atoms in total. The number of aromatic nitrogens is 5. The minimum atomic E-state index is 0.664. The Hall–Kier alpha value is -2.40. The maximum atomic E-state index is 6.08. The molecule has 0 aliphatic carbocycles. The second-order valence-corrected chi connectivity index (χ2v) is 5.46. The van der Waals surface area contributed by atoms with Crippen molar-refractivity contribution in [1.82, 2.24) is 24.7 Å². The van der Waals surface area contributed by atoms with Crippen LogP contribution < -0.4 is 0 Å². The van der Waals surface area contributed by atoms with Crippen LogP contribution in [0.2, 0.25) is 5.02 Å². The lowest BCUT2D eigenvalue weighted by Gasteiger charge is -1.98. The van der Waals surface area contributed by atoms with Crippen LogP contribution in [0.4, 0.5) is 0 Å². The summed E-state index contributed by atoms with van der Waals surface area (Å²) in [6.45, 7) is 0. The number of H-pyrrole nitrogens is 1. The van der Waals surface area contributed by atoms with Gasteiger partial charge in [0, 0.05) is 30.1 Å². The number of nitrogens with zero attached hydrogens (tertiary/aromatic N) is 4. The maximum absolute atomic E-state index is 6.08. The van der Waals surface area contributed by atoms with Crippen molar-refractivity contribution in [3.05, 3.63) is 53.2 Å². The van der Waals surface area contributed by atoms with E-state index in [0.717, 1.165) is 33.5 Å². The normalized spacial score (nSPS) is 11.5. The molecule has 3 heterocycles. The van der Waals surface area contributed by atoms with Gasteiger partial charge >= 0.3 is 0 Å². The molecule has 0 fully saturated rings. The van der Waals surface area contributed by atoms with Gasteiger partial charge in [-0.1, -0.05) is 11.6 Å². The molecule has 4 aromatic rings. The highest BCUT2D eigenvalue weighted by molar-refractivity contribution is 6.31. The Kier molecular flexibility index (Phi) is 2.68. The Balaban J connectivity index is 1.85. The average Bonchev–Trinajstić information content (AvgIpc) is 3.05. The van der Waals surface area contributed by atoms with E-state index in [1.165, 1.54) is 0 Å². The van der Waals surface area contributed by atoms with Crippen LogP contribution in [0.3, 0.4) is 0 Å². The highest BCUT2D eigenvalue weighted by atomic mass is 35.5. The Morgan fingerprint density at radius 3 is 2.95 bits per heavy atom. The quantitative estimate of drug-likeness (QED) is 0.618. The third kappa shape index (κ3) is 2.15. The van der Waals surface area contributed by atoms with E-state index in [9.17, 15) is 0 Å². The van der Waals surface area contributed by atoms with Gasteiger partial charge in [0.1, 0.15) is 11.3 Å². The number of benzene rings is 1. The summed E-state index contributed by atoms with van der Waals surface area (Å²) >= 11 is 6.08. The molecule has 6 heteroatoms. The second-order valence-electron chi connectivity index (χ2n) is 5.02. The van der Waals surface area contributed by atoms with Crippen LogP contribution in [0.15, 0.2) is 36.7 Å². The number of aryl methyl sites for hydroxylation is 1. The van der Waals surface area contributed by atoms with Crippen LogP contribution in [-0.2, 0) is 13.5 Å². The van der Waals surface area contributed by atoms with Gasteiger partial charge in [0.2, 0.25) is 0 Å². The molecular formula is C15H12ClN5. The van der Waals surface area contributed by atoms with Gasteiger partial charge in [0.05, 0.1) is 22.9 Å². The van der Waals surface area contributed by atoms with E-state index < -0.39 is 0 Å². The molecule has 0 atom stereocenters. The number of hydrogen-bond donors (Lipinski definition) is 1. The van der Waals surface area contributed by atoms with Crippen molar-refractivity contribution in [2.24, 2.45) is 7.05 Å². The van der Waals surface area contributed by atoms with Crippen LogP contribution in [0.5, 0.6) is 0 Å². The highest BCUT2D eigenvalue weighted by Gasteiger charge is 2.09. The lowest BCUT2D eigenvalue weighted by molar-refractivity contribution is 0.746. The number of aromatic amines is 1. The SMILES string of the molecule is Cn1ccc(Cc2nc3cnc4ccc(Cl)cc4c3[nH]2)n1. The first-order chi connectivity index (χ1) is 10.2. The summed E-state index contributed by atoms with van der Waals surface area (Å²) in [6.07, 6.45) is 4.37. The zero-order valence-electron chi connectivity index (χ0n) is 11.3. The van der Waals surface area contributed by atoms with Gasteiger partial charge in [0.15, 0.2) is 0 Å². The van der Waals surface area contributed by atoms with Gasteiger partial charge < -0.3 is 4.98 Å². The van der Waals surface area contributed by atoms with Crippen LogP contribution in [0.1, 0.15) is 11.5 Å². The standard InChI is InChI=1S/C15H12ClN5/c1-21-5-4-10(20-21)7-14-18-13-8-17-12-3-2-9(16)6-11(12)15(13)19-14/h2-6,8H,7H2,1H3,(H,18,19). The van der Waals surface area contributed by atoms with Crippen LogP contribution in [0, 0.1) is 0 Å². The van der Waals surface area contributed by atoms with Crippen LogP contribution in [0.25, 0.3) is 21.9 Å². The van der Waals surface area contributed by atoms with Gasteiger partial charge in [-0.15, -0.1) is 0 Å². The van der Waals surface area contributed by atoms with Crippen molar-refractivity contribution in [3.63, 3.8) is 0 Å². The Bertz CT molecular complexity index is 953. The topological polar surface area (TPSA) is 59.4 Å². The van der Waals surface area contributed by atoms with Gasteiger partial charge in [-0.2, -0.15) is 5.10 Å². The summed E-state index contributed by atoms with van der Waals surface area (Å²) in [6, 6.07) is 7.65. The molecule has 0 aliphatic heterocycles. The fourth-order valence-corrected chi connectivity index (χ4v) is 2.67. The number of halogens is 1. The molecule has 0 spiro atoms. The molecule has 1 aromatic carbocycles. The van der Waals surface area contributed by atoms with Crippen molar-refractivity contribution < 1.29 is 0 Å². The van der Waals surface area contributed by atoms with E-state index in [4.69, 9.17) is 11.6 Å². The molecule has 1 N–H and O–H groups in total. The zero-order valence-corrected chi connectivity index (χ0v) is 12.1. The fourth-order valence-electron chi connectivity index (χ4n) is 2.50. The molecule has 0 unspecified atom stereocenters. The summed E-state index contributed by atoms with van der Waals surface area (Å²) < 4.78 is 1.79. The minimum absolute atomic E-state index is 0.664. The van der Waals surface area contributed by atoms with Crippen molar-refractivity contribution in [3.8, 4) is 0 Å². The summed E-state index contributed by atoms with van der Waals surface area (Å²) in [5.41, 5.74) is 3.69. The molecule has 104 valence electrons. The van der Waals surface area contributed by atoms with Gasteiger partial charge in [-0.3, -0.25) is 9.67 Å². The van der Waals surface area contributed by atoms with E-state index in [1.807, 2.05) is 37.5 Å². The summed E-state index contributed by atoms with van der Waals surface area (Å²) in [5.74, 6) is 0.873. The largest absolute Gasteiger partial charge is 0.341 e. The first-order valence-electron chi connectivity index (χ1n) is 6.60. The Morgan fingerprint density at radius 1 is 1.24 bits per heavy atom. The van der Waals surface area contributed by atoms with E-state index in [-0.39, 0.29) is 0 Å². The molecule has 3 aromatic heterocycles.